The van der Waals surface area contributed by atoms with Crippen LogP contribution in [0.4, 0.5) is 5.00 Å². The van der Waals surface area contributed by atoms with E-state index in [1.54, 1.807) is 40.5 Å². The van der Waals surface area contributed by atoms with Crippen LogP contribution in [0.5, 0.6) is 0 Å². The lowest BCUT2D eigenvalue weighted by molar-refractivity contribution is -0.915. The normalized spacial score (nSPS) is 15.6. The molecule has 0 fully saturated rings. The summed E-state index contributed by atoms with van der Waals surface area (Å²) in [5, 5.41) is 16.3. The van der Waals surface area contributed by atoms with Crippen molar-refractivity contribution in [3.63, 3.8) is 0 Å². The van der Waals surface area contributed by atoms with E-state index in [-0.39, 0.29) is 11.0 Å². The van der Waals surface area contributed by atoms with Gasteiger partial charge in [-0.15, -0.1) is 11.3 Å². The molecule has 1 aliphatic rings. The molecule has 2 aromatic rings. The molecule has 0 bridgehead atoms. The van der Waals surface area contributed by atoms with E-state index in [9.17, 15) is 10.1 Å². The van der Waals surface area contributed by atoms with Crippen molar-refractivity contribution in [2.45, 2.75) is 26.3 Å². The van der Waals surface area contributed by atoms with Gasteiger partial charge >= 0.3 is 0 Å². The molecule has 1 aromatic carbocycles. The number of nitriles is 1. The molecule has 1 amide bonds. The number of benzene rings is 1. The quantitative estimate of drug-likeness (QED) is 0.705. The SMILES string of the molecule is CCC[NH+]1CCc2c(sc(NC(=S)NC(=O)c3ccccc3)c2C#N)C1. The van der Waals surface area contributed by atoms with Gasteiger partial charge in [-0.25, -0.2) is 0 Å². The number of carbonyl (C=O) groups is 1. The number of amides is 1. The summed E-state index contributed by atoms with van der Waals surface area (Å²) in [4.78, 5) is 15.0. The molecule has 0 radical (unpaired) electrons. The summed E-state index contributed by atoms with van der Waals surface area (Å²) in [5.74, 6) is -0.263. The van der Waals surface area contributed by atoms with Crippen molar-refractivity contribution in [3.8, 4) is 6.07 Å². The van der Waals surface area contributed by atoms with Crippen LogP contribution < -0.4 is 15.5 Å². The molecular weight excluding hydrogens is 364 g/mol. The Balaban J connectivity index is 1.71. The molecular formula is C19H21N4OS2+. The minimum Gasteiger partial charge on any atom is -0.330 e. The van der Waals surface area contributed by atoms with Crippen LogP contribution in [0.3, 0.4) is 0 Å². The number of thiophene rings is 1. The molecule has 1 unspecified atom stereocenters. The number of nitrogens with one attached hydrogen (secondary N) is 3. The minimum absolute atomic E-state index is 0.215. The lowest BCUT2D eigenvalue weighted by atomic mass is 10.0. The molecule has 0 aliphatic carbocycles. The van der Waals surface area contributed by atoms with Crippen molar-refractivity contribution in [2.24, 2.45) is 0 Å². The van der Waals surface area contributed by atoms with Gasteiger partial charge in [-0.1, -0.05) is 25.1 Å². The molecule has 1 aliphatic heterocycles. The topological polar surface area (TPSA) is 69.4 Å². The number of carbonyl (C=O) groups excluding carboxylic acids is 1. The largest absolute Gasteiger partial charge is 0.330 e. The number of quaternary nitrogens is 1. The highest BCUT2D eigenvalue weighted by molar-refractivity contribution is 7.80. The summed E-state index contributed by atoms with van der Waals surface area (Å²) >= 11 is 6.85. The lowest BCUT2D eigenvalue weighted by Crippen LogP contribution is -3.11. The Hall–Kier alpha value is -2.27. The van der Waals surface area contributed by atoms with Crippen LogP contribution in [0.1, 0.15) is 39.7 Å². The Morgan fingerprint density at radius 3 is 2.85 bits per heavy atom. The van der Waals surface area contributed by atoms with Crippen LogP contribution in [-0.2, 0) is 13.0 Å². The number of fused-ring (bicyclic) bond motifs is 1. The Labute approximate surface area is 162 Å². The van der Waals surface area contributed by atoms with Crippen molar-refractivity contribution in [1.29, 1.82) is 5.26 Å². The first-order chi connectivity index (χ1) is 12.6. The van der Waals surface area contributed by atoms with E-state index in [0.717, 1.165) is 43.0 Å². The van der Waals surface area contributed by atoms with Crippen LogP contribution in [0, 0.1) is 11.3 Å². The Morgan fingerprint density at radius 1 is 1.38 bits per heavy atom. The first-order valence-electron chi connectivity index (χ1n) is 8.68. The van der Waals surface area contributed by atoms with Crippen LogP contribution in [0.2, 0.25) is 0 Å². The number of nitrogens with zero attached hydrogens (tertiary/aromatic N) is 1. The first-order valence-corrected chi connectivity index (χ1v) is 9.90. The maximum absolute atomic E-state index is 12.2. The number of hydrogen-bond donors (Lipinski definition) is 3. The number of anilines is 1. The monoisotopic (exact) mass is 385 g/mol. The molecule has 3 N–H and O–H groups in total. The molecule has 0 saturated carbocycles. The van der Waals surface area contributed by atoms with Crippen LogP contribution in [-0.4, -0.2) is 24.1 Å². The Kier molecular flexibility index (Phi) is 5.99. The van der Waals surface area contributed by atoms with Crippen molar-refractivity contribution >= 4 is 39.6 Å². The Bertz CT molecular complexity index is 854. The predicted octanol–water partition coefficient (Wildman–Crippen LogP) is 2.10. The third kappa shape index (κ3) is 4.10. The van der Waals surface area contributed by atoms with Crippen molar-refractivity contribution in [3.05, 3.63) is 51.9 Å². The molecule has 26 heavy (non-hydrogen) atoms. The van der Waals surface area contributed by atoms with Gasteiger partial charge in [-0.05, 0) is 36.3 Å². The standard InChI is InChI=1S/C19H20N4OS2/c1-2-9-23-10-8-14-15(11-20)18(26-16(14)12-23)22-19(25)21-17(24)13-6-4-3-5-7-13/h3-7H,2,8-10,12H2,1H3,(H2,21,22,24,25)/p+1. The molecule has 1 atom stereocenters. The highest BCUT2D eigenvalue weighted by atomic mass is 32.1. The molecule has 7 heteroatoms. The molecule has 3 rings (SSSR count). The molecule has 0 spiro atoms. The fourth-order valence-electron chi connectivity index (χ4n) is 3.21. The van der Waals surface area contributed by atoms with Crippen molar-refractivity contribution in [2.75, 3.05) is 18.4 Å². The van der Waals surface area contributed by atoms with Gasteiger partial charge in [0.2, 0.25) is 0 Å². The maximum Gasteiger partial charge on any atom is 0.257 e. The predicted molar refractivity (Wildman–Crippen MR) is 108 cm³/mol. The number of hydrogen-bond acceptors (Lipinski definition) is 4. The smallest absolute Gasteiger partial charge is 0.257 e. The third-order valence-electron chi connectivity index (χ3n) is 4.44. The molecule has 0 saturated heterocycles. The molecule has 1 aromatic heterocycles. The number of rotatable bonds is 4. The summed E-state index contributed by atoms with van der Waals surface area (Å²) in [6.45, 7) is 5.35. The fourth-order valence-corrected chi connectivity index (χ4v) is 4.74. The summed E-state index contributed by atoms with van der Waals surface area (Å²) in [6.07, 6.45) is 2.07. The van der Waals surface area contributed by atoms with Gasteiger partial charge in [-0.2, -0.15) is 5.26 Å². The summed E-state index contributed by atoms with van der Waals surface area (Å²) < 4.78 is 0. The summed E-state index contributed by atoms with van der Waals surface area (Å²) in [5.41, 5.74) is 2.34. The summed E-state index contributed by atoms with van der Waals surface area (Å²) in [7, 11) is 0. The van der Waals surface area contributed by atoms with Gasteiger partial charge in [0, 0.05) is 12.0 Å². The van der Waals surface area contributed by atoms with Crippen molar-refractivity contribution in [1.82, 2.24) is 5.32 Å². The zero-order chi connectivity index (χ0) is 18.5. The molecule has 5 nitrogen and oxygen atoms in total. The third-order valence-corrected chi connectivity index (χ3v) is 5.79. The number of thiocarbonyl (C=S) groups is 1. The van der Waals surface area contributed by atoms with Gasteiger partial charge in [-0.3, -0.25) is 10.1 Å². The van der Waals surface area contributed by atoms with E-state index in [1.807, 2.05) is 6.07 Å². The van der Waals surface area contributed by atoms with Crippen LogP contribution in [0.15, 0.2) is 30.3 Å². The van der Waals surface area contributed by atoms with Gasteiger partial charge < -0.3 is 10.2 Å². The van der Waals surface area contributed by atoms with E-state index < -0.39 is 0 Å². The van der Waals surface area contributed by atoms with Gasteiger partial charge in [0.1, 0.15) is 17.6 Å². The average Bonchev–Trinajstić information content (AvgIpc) is 2.98. The maximum atomic E-state index is 12.2. The van der Waals surface area contributed by atoms with E-state index in [2.05, 4.69) is 23.6 Å². The van der Waals surface area contributed by atoms with E-state index in [4.69, 9.17) is 12.2 Å². The van der Waals surface area contributed by atoms with E-state index >= 15 is 0 Å². The lowest BCUT2D eigenvalue weighted by Gasteiger charge is -2.23. The van der Waals surface area contributed by atoms with E-state index in [0.29, 0.717) is 11.1 Å². The fraction of sp³-hybridized carbons (Fsp3) is 0.316. The second-order valence-corrected chi connectivity index (χ2v) is 7.78. The first kappa shape index (κ1) is 18.5. The van der Waals surface area contributed by atoms with Crippen LogP contribution in [0.25, 0.3) is 0 Å². The zero-order valence-corrected chi connectivity index (χ0v) is 16.2. The highest BCUT2D eigenvalue weighted by Crippen LogP contribution is 2.34. The second kappa shape index (κ2) is 8.41. The minimum atomic E-state index is -0.263. The van der Waals surface area contributed by atoms with Crippen molar-refractivity contribution < 1.29 is 9.69 Å². The summed E-state index contributed by atoms with van der Waals surface area (Å²) in [6, 6.07) is 11.2. The van der Waals surface area contributed by atoms with E-state index in [1.165, 1.54) is 4.88 Å². The average molecular weight is 386 g/mol. The zero-order valence-electron chi connectivity index (χ0n) is 14.6. The van der Waals surface area contributed by atoms with Crippen LogP contribution >= 0.6 is 23.6 Å². The van der Waals surface area contributed by atoms with Gasteiger partial charge in [0.05, 0.1) is 23.5 Å². The highest BCUT2D eigenvalue weighted by Gasteiger charge is 2.26. The second-order valence-electron chi connectivity index (χ2n) is 6.27. The molecule has 134 valence electrons. The Morgan fingerprint density at radius 2 is 2.15 bits per heavy atom. The van der Waals surface area contributed by atoms with Gasteiger partial charge in [0.25, 0.3) is 5.91 Å². The van der Waals surface area contributed by atoms with Gasteiger partial charge in [0.15, 0.2) is 5.11 Å². The molecule has 2 heterocycles.